The van der Waals surface area contributed by atoms with Crippen LogP contribution >= 0.6 is 0 Å². The van der Waals surface area contributed by atoms with E-state index in [2.05, 4.69) is 71.4 Å². The average molecular weight is 643 g/mol. The zero-order valence-corrected chi connectivity index (χ0v) is 26.5. The number of aliphatic hydroxyl groups is 1. The van der Waals surface area contributed by atoms with Gasteiger partial charge in [-0.1, -0.05) is 38.5 Å². The average Bonchev–Trinajstić information content (AvgIpc) is 3.00. The van der Waals surface area contributed by atoms with E-state index in [1.54, 1.807) is 0 Å². The van der Waals surface area contributed by atoms with Crippen molar-refractivity contribution in [3.05, 3.63) is 0 Å². The number of rotatable bonds is 25. The second kappa shape index (κ2) is 21.0. The first-order chi connectivity index (χ1) is 22.4. The van der Waals surface area contributed by atoms with Crippen molar-refractivity contribution >= 4 is 53.5 Å². The van der Waals surface area contributed by atoms with Crippen LogP contribution in [0.2, 0.25) is 0 Å². The van der Waals surface area contributed by atoms with Crippen molar-refractivity contribution in [1.82, 2.24) is 44.9 Å². The molecule has 46 heavy (non-hydrogen) atoms. The zero-order valence-electron chi connectivity index (χ0n) is 26.5. The number of anilines is 9. The van der Waals surface area contributed by atoms with Crippen molar-refractivity contribution in [2.24, 2.45) is 0 Å². The van der Waals surface area contributed by atoms with Crippen molar-refractivity contribution in [3.8, 4) is 0 Å². The third-order valence-corrected chi connectivity index (χ3v) is 6.68. The maximum Gasteiger partial charge on any atom is 0.229 e. The van der Waals surface area contributed by atoms with Gasteiger partial charge >= 0.3 is 0 Å². The fraction of sp³-hybridized carbons (Fsp3) is 0.667. The number of unbranched alkanes of at least 4 members (excludes halogenated alkanes) is 9. The van der Waals surface area contributed by atoms with E-state index in [4.69, 9.17) is 28.0 Å². The van der Waals surface area contributed by atoms with Gasteiger partial charge in [0, 0.05) is 39.3 Å². The Kier molecular flexibility index (Phi) is 16.3. The molecule has 0 saturated heterocycles. The van der Waals surface area contributed by atoms with Crippen LogP contribution in [-0.4, -0.2) is 89.3 Å². The van der Waals surface area contributed by atoms with Crippen molar-refractivity contribution in [2.75, 3.05) is 88.8 Å². The normalized spacial score (nSPS) is 10.9. The van der Waals surface area contributed by atoms with Gasteiger partial charge in [-0.2, -0.15) is 44.9 Å². The van der Waals surface area contributed by atoms with Gasteiger partial charge in [-0.15, -0.1) is 0 Å². The van der Waals surface area contributed by atoms with E-state index in [1.165, 1.54) is 0 Å². The van der Waals surface area contributed by atoms with Crippen LogP contribution in [0.3, 0.4) is 0 Å². The highest BCUT2D eigenvalue weighted by molar-refractivity contribution is 5.41. The molecule has 0 unspecified atom stereocenters. The number of nitrogens with one attached hydrogen (secondary N) is 5. The molecule has 3 aromatic heterocycles. The highest BCUT2D eigenvalue weighted by Crippen LogP contribution is 2.11. The summed E-state index contributed by atoms with van der Waals surface area (Å²) < 4.78 is 0. The van der Waals surface area contributed by atoms with Crippen molar-refractivity contribution in [1.29, 1.82) is 0 Å². The van der Waals surface area contributed by atoms with Gasteiger partial charge < -0.3 is 54.6 Å². The SMILES string of the molecule is Nc1nc(N)nc(NCCCCCCNc2nc(N)nc(NCCCCCCNc3nc(N)nc(NCCCCCCO)n3)n2)n1. The molecule has 254 valence electrons. The van der Waals surface area contributed by atoms with Crippen LogP contribution in [0.4, 0.5) is 53.5 Å². The monoisotopic (exact) mass is 642 g/mol. The number of aromatic nitrogens is 9. The summed E-state index contributed by atoms with van der Waals surface area (Å²) in [5.41, 5.74) is 22.9. The minimum Gasteiger partial charge on any atom is -0.396 e. The van der Waals surface area contributed by atoms with Gasteiger partial charge in [0.1, 0.15) is 0 Å². The second-order valence-electron chi connectivity index (χ2n) is 10.7. The van der Waals surface area contributed by atoms with Gasteiger partial charge in [0.05, 0.1) is 0 Å². The zero-order chi connectivity index (χ0) is 32.8. The van der Waals surface area contributed by atoms with Gasteiger partial charge in [0.25, 0.3) is 0 Å². The molecule has 19 heteroatoms. The molecule has 0 radical (unpaired) electrons. The fourth-order valence-electron chi connectivity index (χ4n) is 4.39. The standard InChI is InChI=1S/C27H50N18O/c28-19-37-20(29)39-23(38-19)32-13-7-1-2-8-14-33-24-40-21(30)41-25(44-24)34-15-9-3-4-10-16-35-26-42-22(31)43-27(45-26)36-17-11-5-6-12-18-46/h46H,1-18H2,(H5,28,29,32,37,38,39)(H4,30,33,34,40,41,44)(H4,31,35,36,42,43,45). The lowest BCUT2D eigenvalue weighted by molar-refractivity contribution is 0.283. The van der Waals surface area contributed by atoms with E-state index >= 15 is 0 Å². The van der Waals surface area contributed by atoms with E-state index in [0.717, 1.165) is 110 Å². The predicted molar refractivity (Wildman–Crippen MR) is 182 cm³/mol. The minimum absolute atomic E-state index is 0.101. The van der Waals surface area contributed by atoms with Crippen LogP contribution in [-0.2, 0) is 0 Å². The number of hydrogen-bond acceptors (Lipinski definition) is 19. The van der Waals surface area contributed by atoms with Gasteiger partial charge in [-0.25, -0.2) is 0 Å². The molecular formula is C27H50N18O. The van der Waals surface area contributed by atoms with E-state index in [1.807, 2.05) is 0 Å². The van der Waals surface area contributed by atoms with Crippen molar-refractivity contribution in [3.63, 3.8) is 0 Å². The lowest BCUT2D eigenvalue weighted by Crippen LogP contribution is -2.13. The molecule has 0 spiro atoms. The summed E-state index contributed by atoms with van der Waals surface area (Å²) >= 11 is 0. The molecule has 3 aromatic rings. The molecule has 19 nitrogen and oxygen atoms in total. The summed E-state index contributed by atoms with van der Waals surface area (Å²) in [5, 5.41) is 24.8. The predicted octanol–water partition coefficient (Wildman–Crippen LogP) is 1.70. The quantitative estimate of drug-likeness (QED) is 0.0588. The van der Waals surface area contributed by atoms with Gasteiger partial charge in [0.15, 0.2) is 0 Å². The van der Waals surface area contributed by atoms with E-state index in [9.17, 15) is 0 Å². The summed E-state index contributed by atoms with van der Waals surface area (Å²) in [4.78, 5) is 37.3. The van der Waals surface area contributed by atoms with Gasteiger partial charge in [-0.3, -0.25) is 0 Å². The molecule has 0 aromatic carbocycles. The van der Waals surface area contributed by atoms with Crippen LogP contribution in [0.25, 0.3) is 0 Å². The molecule has 0 saturated carbocycles. The first-order valence-electron chi connectivity index (χ1n) is 16.0. The smallest absolute Gasteiger partial charge is 0.229 e. The molecule has 3 rings (SSSR count). The Labute approximate surface area is 269 Å². The van der Waals surface area contributed by atoms with Gasteiger partial charge in [0.2, 0.25) is 53.5 Å². The Morgan fingerprint density at radius 3 is 0.848 bits per heavy atom. The fourth-order valence-corrected chi connectivity index (χ4v) is 4.39. The Bertz CT molecular complexity index is 1260. The summed E-state index contributed by atoms with van der Waals surface area (Å²) in [6.07, 6.45) is 11.8. The third-order valence-electron chi connectivity index (χ3n) is 6.68. The second-order valence-corrected chi connectivity index (χ2v) is 10.7. The summed E-state index contributed by atoms with van der Waals surface area (Å²) in [7, 11) is 0. The lowest BCUT2D eigenvalue weighted by Gasteiger charge is -2.10. The molecule has 0 bridgehead atoms. The van der Waals surface area contributed by atoms with Crippen molar-refractivity contribution in [2.45, 2.75) is 77.0 Å². The van der Waals surface area contributed by atoms with Crippen LogP contribution in [0.15, 0.2) is 0 Å². The molecule has 0 aliphatic heterocycles. The molecule has 0 aliphatic carbocycles. The maximum atomic E-state index is 8.85. The van der Waals surface area contributed by atoms with E-state index in [0.29, 0.717) is 29.7 Å². The number of aliphatic hydroxyl groups excluding tert-OH is 1. The van der Waals surface area contributed by atoms with Gasteiger partial charge in [-0.05, 0) is 38.5 Å². The van der Waals surface area contributed by atoms with E-state index in [-0.39, 0.29) is 30.4 Å². The number of nitrogens with zero attached hydrogens (tertiary/aromatic N) is 9. The maximum absolute atomic E-state index is 8.85. The largest absolute Gasteiger partial charge is 0.396 e. The lowest BCUT2D eigenvalue weighted by atomic mass is 10.2. The van der Waals surface area contributed by atoms with Crippen molar-refractivity contribution < 1.29 is 5.11 Å². The van der Waals surface area contributed by atoms with Crippen LogP contribution in [0.5, 0.6) is 0 Å². The number of nitrogens with two attached hydrogens (primary N) is 4. The Balaban J connectivity index is 1.21. The topological polar surface area (TPSA) is 300 Å². The molecule has 0 aliphatic rings. The molecule has 3 heterocycles. The number of hydrogen-bond donors (Lipinski definition) is 10. The Morgan fingerprint density at radius 1 is 0.326 bits per heavy atom. The highest BCUT2D eigenvalue weighted by Gasteiger charge is 2.06. The highest BCUT2D eigenvalue weighted by atomic mass is 16.2. The first-order valence-corrected chi connectivity index (χ1v) is 16.0. The molecular weight excluding hydrogens is 592 g/mol. The molecule has 14 N–H and O–H groups in total. The molecule has 0 fully saturated rings. The summed E-state index contributed by atoms with van der Waals surface area (Å²) in [5.74, 6) is 2.81. The Hall–Kier alpha value is -4.81. The summed E-state index contributed by atoms with van der Waals surface area (Å²) in [6, 6.07) is 0. The van der Waals surface area contributed by atoms with Crippen LogP contribution in [0.1, 0.15) is 77.0 Å². The minimum atomic E-state index is 0.101. The van der Waals surface area contributed by atoms with Crippen LogP contribution < -0.4 is 49.5 Å². The summed E-state index contributed by atoms with van der Waals surface area (Å²) in [6.45, 7) is 3.89. The molecule has 0 amide bonds. The van der Waals surface area contributed by atoms with Crippen LogP contribution in [0, 0.1) is 0 Å². The third kappa shape index (κ3) is 15.3. The molecule has 0 atom stereocenters. The Morgan fingerprint density at radius 2 is 0.565 bits per heavy atom. The number of nitrogen functional groups attached to an aromatic ring is 4. The first kappa shape index (κ1) is 35.7. The van der Waals surface area contributed by atoms with E-state index < -0.39 is 0 Å².